The molecule has 156 valence electrons. The molecule has 0 N–H and O–H groups in total. The molecule has 0 aromatic heterocycles. The number of halogens is 1. The Kier molecular flexibility index (Phi) is 6.27. The van der Waals surface area contributed by atoms with Gasteiger partial charge < -0.3 is 9.64 Å². The Morgan fingerprint density at radius 1 is 1.27 bits per heavy atom. The minimum Gasteiger partial charge on any atom is -0.367 e. The van der Waals surface area contributed by atoms with E-state index in [4.69, 9.17) is 10.3 Å². The molecule has 1 amide bonds. The predicted octanol–water partition coefficient (Wildman–Crippen LogP) is 4.50. The summed E-state index contributed by atoms with van der Waals surface area (Å²) >= 11 is 1.58. The molecule has 0 bridgehead atoms. The number of azide groups is 1. The van der Waals surface area contributed by atoms with Gasteiger partial charge in [0.1, 0.15) is 11.9 Å². The quantitative estimate of drug-likeness (QED) is 0.410. The minimum absolute atomic E-state index is 0.0416. The zero-order chi connectivity index (χ0) is 21.1. The molecule has 2 aromatic rings. The van der Waals surface area contributed by atoms with E-state index in [0.717, 1.165) is 17.5 Å². The lowest BCUT2D eigenvalue weighted by Crippen LogP contribution is -2.50. The number of nitrogens with zero attached hydrogens (tertiary/aromatic N) is 4. The smallest absolute Gasteiger partial charge is 0.252 e. The summed E-state index contributed by atoms with van der Waals surface area (Å²) in [6.07, 6.45) is 2.40. The van der Waals surface area contributed by atoms with E-state index in [-0.39, 0.29) is 29.1 Å². The zero-order valence-electron chi connectivity index (χ0n) is 16.6. The summed E-state index contributed by atoms with van der Waals surface area (Å²) in [5, 5.41) is 3.95. The molecule has 2 heterocycles. The highest BCUT2D eigenvalue weighted by molar-refractivity contribution is 7.99. The third kappa shape index (κ3) is 4.03. The summed E-state index contributed by atoms with van der Waals surface area (Å²) in [5.41, 5.74) is 12.0. The molecule has 1 unspecified atom stereocenters. The Balaban J connectivity index is 1.65. The van der Waals surface area contributed by atoms with Gasteiger partial charge in [0.15, 0.2) is 0 Å². The molecule has 4 rings (SSSR count). The Labute approximate surface area is 179 Å². The first-order chi connectivity index (χ1) is 14.6. The van der Waals surface area contributed by atoms with Crippen LogP contribution in [0.2, 0.25) is 0 Å². The summed E-state index contributed by atoms with van der Waals surface area (Å²) in [6.45, 7) is 0.919. The second-order valence-electron chi connectivity index (χ2n) is 7.54. The van der Waals surface area contributed by atoms with Crippen LogP contribution in [-0.2, 0) is 16.0 Å². The van der Waals surface area contributed by atoms with Gasteiger partial charge in [-0.05, 0) is 53.5 Å². The number of hydrogen-bond donors (Lipinski definition) is 0. The van der Waals surface area contributed by atoms with E-state index in [0.29, 0.717) is 19.6 Å². The largest absolute Gasteiger partial charge is 0.367 e. The van der Waals surface area contributed by atoms with Crippen molar-refractivity contribution in [1.29, 1.82) is 0 Å². The molecule has 0 radical (unpaired) electrons. The maximum Gasteiger partial charge on any atom is 0.252 e. The Morgan fingerprint density at radius 3 is 2.77 bits per heavy atom. The lowest BCUT2D eigenvalue weighted by Gasteiger charge is -2.41. The average molecular weight is 427 g/mol. The molecule has 4 atom stereocenters. The Hall–Kier alpha value is -2.54. The second kappa shape index (κ2) is 9.08. The van der Waals surface area contributed by atoms with E-state index in [9.17, 15) is 9.18 Å². The van der Waals surface area contributed by atoms with Gasteiger partial charge in [0.05, 0.1) is 18.7 Å². The molecule has 2 aliphatic heterocycles. The van der Waals surface area contributed by atoms with E-state index in [2.05, 4.69) is 16.1 Å². The van der Waals surface area contributed by atoms with Gasteiger partial charge in [-0.1, -0.05) is 41.5 Å². The standard InChI is InChI=1S/C22H23FN4O2S/c1-30-20-13-29-19(12-18(20)25-26-24)22(28)27-11-10-14-4-2-3-5-17(14)21(27)15-6-8-16(23)9-7-15/h2-9,18-21H,10-13H2,1H3/t18?,19-,20-,21+/m1/s1. The molecule has 2 aliphatic rings. The van der Waals surface area contributed by atoms with E-state index in [1.165, 1.54) is 17.7 Å². The number of amides is 1. The fourth-order valence-electron chi connectivity index (χ4n) is 4.34. The summed E-state index contributed by atoms with van der Waals surface area (Å²) in [4.78, 5) is 18.3. The number of fused-ring (bicyclic) bond motifs is 1. The number of thioether (sulfide) groups is 1. The molecular formula is C22H23FN4O2S. The molecule has 0 aliphatic carbocycles. The Morgan fingerprint density at radius 2 is 2.03 bits per heavy atom. The van der Waals surface area contributed by atoms with Crippen LogP contribution >= 0.6 is 11.8 Å². The van der Waals surface area contributed by atoms with Crippen molar-refractivity contribution in [1.82, 2.24) is 4.90 Å². The summed E-state index contributed by atoms with van der Waals surface area (Å²) in [7, 11) is 0. The van der Waals surface area contributed by atoms with Crippen molar-refractivity contribution < 1.29 is 13.9 Å². The molecule has 30 heavy (non-hydrogen) atoms. The topological polar surface area (TPSA) is 78.3 Å². The fraction of sp³-hybridized carbons (Fsp3) is 0.409. The van der Waals surface area contributed by atoms with Crippen LogP contribution in [0, 0.1) is 5.82 Å². The number of carbonyl (C=O) groups excluding carboxylic acids is 1. The highest BCUT2D eigenvalue weighted by atomic mass is 32.2. The van der Waals surface area contributed by atoms with Gasteiger partial charge in [0.25, 0.3) is 5.91 Å². The Bertz CT molecular complexity index is 964. The number of rotatable bonds is 4. The van der Waals surface area contributed by atoms with Crippen LogP contribution < -0.4 is 0 Å². The lowest BCUT2D eigenvalue weighted by molar-refractivity contribution is -0.149. The number of carbonyl (C=O) groups is 1. The molecule has 0 spiro atoms. The van der Waals surface area contributed by atoms with Gasteiger partial charge in [-0.25, -0.2) is 4.39 Å². The molecule has 1 fully saturated rings. The first kappa shape index (κ1) is 20.7. The van der Waals surface area contributed by atoms with Crippen molar-refractivity contribution in [3.05, 3.63) is 81.5 Å². The van der Waals surface area contributed by atoms with Crippen molar-refractivity contribution in [3.8, 4) is 0 Å². The zero-order valence-corrected chi connectivity index (χ0v) is 17.5. The summed E-state index contributed by atoms with van der Waals surface area (Å²) in [6, 6.07) is 13.8. The van der Waals surface area contributed by atoms with E-state index in [1.807, 2.05) is 29.4 Å². The molecular weight excluding hydrogens is 403 g/mol. The van der Waals surface area contributed by atoms with Gasteiger partial charge in [-0.2, -0.15) is 11.8 Å². The average Bonchev–Trinajstić information content (AvgIpc) is 2.78. The van der Waals surface area contributed by atoms with E-state index < -0.39 is 6.10 Å². The maximum atomic E-state index is 13.5. The van der Waals surface area contributed by atoms with Crippen molar-refractivity contribution in [2.75, 3.05) is 19.4 Å². The number of ether oxygens (including phenoxy) is 1. The molecule has 1 saturated heterocycles. The van der Waals surface area contributed by atoms with Crippen molar-refractivity contribution in [3.63, 3.8) is 0 Å². The van der Waals surface area contributed by atoms with Gasteiger partial charge in [-0.15, -0.1) is 0 Å². The van der Waals surface area contributed by atoms with Crippen LogP contribution in [0.25, 0.3) is 10.4 Å². The molecule has 2 aromatic carbocycles. The van der Waals surface area contributed by atoms with Crippen molar-refractivity contribution in [2.45, 2.75) is 36.3 Å². The van der Waals surface area contributed by atoms with Gasteiger partial charge >= 0.3 is 0 Å². The third-order valence-electron chi connectivity index (χ3n) is 5.88. The lowest BCUT2D eigenvalue weighted by atomic mass is 9.87. The first-order valence-electron chi connectivity index (χ1n) is 9.94. The van der Waals surface area contributed by atoms with Crippen LogP contribution in [0.5, 0.6) is 0 Å². The summed E-state index contributed by atoms with van der Waals surface area (Å²) in [5.74, 6) is -0.423. The second-order valence-corrected chi connectivity index (χ2v) is 8.62. The molecule has 0 saturated carbocycles. The van der Waals surface area contributed by atoms with Crippen molar-refractivity contribution >= 4 is 17.7 Å². The van der Waals surface area contributed by atoms with Crippen molar-refractivity contribution in [2.24, 2.45) is 5.11 Å². The van der Waals surface area contributed by atoms with Crippen LogP contribution in [0.4, 0.5) is 4.39 Å². The number of hydrogen-bond acceptors (Lipinski definition) is 4. The first-order valence-corrected chi connectivity index (χ1v) is 11.2. The monoisotopic (exact) mass is 426 g/mol. The van der Waals surface area contributed by atoms with Crippen LogP contribution in [0.3, 0.4) is 0 Å². The van der Waals surface area contributed by atoms with E-state index in [1.54, 1.807) is 23.9 Å². The van der Waals surface area contributed by atoms with Crippen LogP contribution in [0.1, 0.15) is 29.2 Å². The molecule has 6 nitrogen and oxygen atoms in total. The maximum absolute atomic E-state index is 13.5. The van der Waals surface area contributed by atoms with Gasteiger partial charge in [0.2, 0.25) is 0 Å². The van der Waals surface area contributed by atoms with Crippen LogP contribution in [0.15, 0.2) is 53.6 Å². The molecule has 8 heteroatoms. The fourth-order valence-corrected chi connectivity index (χ4v) is 5.03. The number of benzene rings is 2. The highest BCUT2D eigenvalue weighted by Crippen LogP contribution is 2.37. The normalized spacial score (nSPS) is 25.9. The minimum atomic E-state index is -0.655. The third-order valence-corrected chi connectivity index (χ3v) is 6.93. The predicted molar refractivity (Wildman–Crippen MR) is 115 cm³/mol. The summed E-state index contributed by atoms with van der Waals surface area (Å²) < 4.78 is 19.4. The highest BCUT2D eigenvalue weighted by Gasteiger charge is 2.40. The van der Waals surface area contributed by atoms with E-state index >= 15 is 0 Å². The van der Waals surface area contributed by atoms with Gasteiger partial charge in [-0.3, -0.25) is 4.79 Å². The van der Waals surface area contributed by atoms with Gasteiger partial charge in [0, 0.05) is 16.7 Å². The van der Waals surface area contributed by atoms with Crippen LogP contribution in [-0.4, -0.2) is 47.6 Å². The SMILES string of the molecule is CS[C@@H]1CO[C@@H](C(=O)N2CCc3ccccc3[C@@H]2c2ccc(F)cc2)CC1N=[N+]=[N-].